The number of carbonyl (C=O) groups is 1. The molecule has 1 amide bonds. The third-order valence-corrected chi connectivity index (χ3v) is 6.19. The number of para-hydroxylation sites is 1. The molecule has 2 aromatic carbocycles. The predicted octanol–water partition coefficient (Wildman–Crippen LogP) is 4.11. The molecule has 2 heterocycles. The molecule has 3 aromatic rings. The summed E-state index contributed by atoms with van der Waals surface area (Å²) >= 11 is 1.60. The van der Waals surface area contributed by atoms with Crippen LogP contribution in [0.3, 0.4) is 0 Å². The number of ether oxygens (including phenoxy) is 2. The fourth-order valence-corrected chi connectivity index (χ4v) is 4.81. The van der Waals surface area contributed by atoms with Crippen LogP contribution in [0.1, 0.15) is 27.6 Å². The van der Waals surface area contributed by atoms with Gasteiger partial charge in [0.1, 0.15) is 11.6 Å². The molecule has 1 aliphatic rings. The van der Waals surface area contributed by atoms with Crippen molar-refractivity contribution in [2.75, 3.05) is 25.3 Å². The van der Waals surface area contributed by atoms with Crippen LogP contribution < -0.4 is 10.1 Å². The number of rotatable bonds is 5. The lowest BCUT2D eigenvalue weighted by Crippen LogP contribution is -2.15. The second-order valence-electron chi connectivity index (χ2n) is 6.84. The SMILES string of the molecule is COCc1cc([C@H]2SCC(=O)Nc3c2c(C)nn3-c2ccccc2)ccc1OC. The van der Waals surface area contributed by atoms with Gasteiger partial charge in [0.2, 0.25) is 5.91 Å². The number of hydrogen-bond acceptors (Lipinski definition) is 5. The lowest BCUT2D eigenvalue weighted by atomic mass is 10.0. The molecule has 0 spiro atoms. The third kappa shape index (κ3) is 3.75. The van der Waals surface area contributed by atoms with E-state index in [1.165, 1.54) is 0 Å². The summed E-state index contributed by atoms with van der Waals surface area (Å²) in [7, 11) is 3.32. The van der Waals surface area contributed by atoms with Crippen molar-refractivity contribution < 1.29 is 14.3 Å². The van der Waals surface area contributed by atoms with Gasteiger partial charge in [-0.15, -0.1) is 11.8 Å². The van der Waals surface area contributed by atoms with Gasteiger partial charge < -0.3 is 14.8 Å². The summed E-state index contributed by atoms with van der Waals surface area (Å²) in [4.78, 5) is 12.5. The molecular formula is C22H23N3O3S. The van der Waals surface area contributed by atoms with Gasteiger partial charge in [-0.05, 0) is 36.8 Å². The minimum atomic E-state index is -0.0264. The van der Waals surface area contributed by atoms with Crippen LogP contribution >= 0.6 is 11.8 Å². The Bertz CT molecular complexity index is 1030. The molecule has 0 saturated heterocycles. The topological polar surface area (TPSA) is 65.4 Å². The normalized spacial score (nSPS) is 16.1. The van der Waals surface area contributed by atoms with Gasteiger partial charge in [-0.3, -0.25) is 4.79 Å². The second kappa shape index (κ2) is 8.31. The smallest absolute Gasteiger partial charge is 0.235 e. The number of methoxy groups -OCH3 is 2. The standard InChI is InChI=1S/C22H23N3O3S/c1-14-20-21(15-9-10-18(28-3)16(11-15)12-27-2)29-13-19(26)23-22(20)25(24-14)17-7-5-4-6-8-17/h4-11,21H,12-13H2,1-3H3,(H,23,26)/t21-/m1/s1. The number of fused-ring (bicyclic) bond motifs is 1. The van der Waals surface area contributed by atoms with Gasteiger partial charge >= 0.3 is 0 Å². The Balaban J connectivity index is 1.85. The first-order chi connectivity index (χ1) is 14.1. The summed E-state index contributed by atoms with van der Waals surface area (Å²) < 4.78 is 12.6. The summed E-state index contributed by atoms with van der Waals surface area (Å²) in [5.74, 6) is 1.87. The second-order valence-corrected chi connectivity index (χ2v) is 7.93. The fraction of sp³-hybridized carbons (Fsp3) is 0.273. The van der Waals surface area contributed by atoms with E-state index >= 15 is 0 Å². The van der Waals surface area contributed by atoms with Gasteiger partial charge in [-0.2, -0.15) is 5.10 Å². The number of anilines is 1. The van der Waals surface area contributed by atoms with Crippen LogP contribution in [-0.4, -0.2) is 35.7 Å². The summed E-state index contributed by atoms with van der Waals surface area (Å²) in [5.41, 5.74) is 4.91. The largest absolute Gasteiger partial charge is 0.496 e. The molecule has 0 saturated carbocycles. The average Bonchev–Trinajstić information content (AvgIpc) is 2.94. The quantitative estimate of drug-likeness (QED) is 0.687. The van der Waals surface area contributed by atoms with Gasteiger partial charge in [0.15, 0.2) is 0 Å². The summed E-state index contributed by atoms with van der Waals surface area (Å²) in [6, 6.07) is 16.0. The number of hydrogen-bond donors (Lipinski definition) is 1. The first-order valence-electron chi connectivity index (χ1n) is 9.34. The first-order valence-corrected chi connectivity index (χ1v) is 10.4. The highest BCUT2D eigenvalue weighted by Gasteiger charge is 2.31. The number of aromatic nitrogens is 2. The maximum Gasteiger partial charge on any atom is 0.235 e. The van der Waals surface area contributed by atoms with Crippen molar-refractivity contribution >= 4 is 23.5 Å². The molecule has 1 atom stereocenters. The van der Waals surface area contributed by atoms with Crippen molar-refractivity contribution in [1.29, 1.82) is 0 Å². The van der Waals surface area contributed by atoms with Crippen LogP contribution in [0, 0.1) is 6.92 Å². The number of carbonyl (C=O) groups excluding carboxylic acids is 1. The molecule has 150 valence electrons. The molecule has 0 aliphatic carbocycles. The molecule has 1 aliphatic heterocycles. The van der Waals surface area contributed by atoms with Gasteiger partial charge in [0.25, 0.3) is 0 Å². The van der Waals surface area contributed by atoms with E-state index in [1.54, 1.807) is 26.0 Å². The number of aryl methyl sites for hydroxylation is 1. The molecule has 0 unspecified atom stereocenters. The van der Waals surface area contributed by atoms with E-state index in [2.05, 4.69) is 17.4 Å². The Morgan fingerprint density at radius 3 is 2.72 bits per heavy atom. The minimum absolute atomic E-state index is 0.0251. The van der Waals surface area contributed by atoms with E-state index in [0.29, 0.717) is 12.4 Å². The monoisotopic (exact) mass is 409 g/mol. The molecule has 0 fully saturated rings. The zero-order chi connectivity index (χ0) is 20.4. The van der Waals surface area contributed by atoms with E-state index in [9.17, 15) is 4.79 Å². The van der Waals surface area contributed by atoms with Crippen molar-refractivity contribution in [3.05, 3.63) is 70.9 Å². The van der Waals surface area contributed by atoms with E-state index in [0.717, 1.165) is 39.6 Å². The number of amides is 1. The van der Waals surface area contributed by atoms with E-state index < -0.39 is 0 Å². The van der Waals surface area contributed by atoms with Crippen LogP contribution in [0.25, 0.3) is 5.69 Å². The predicted molar refractivity (Wildman–Crippen MR) is 115 cm³/mol. The molecule has 1 aromatic heterocycles. The summed E-state index contributed by atoms with van der Waals surface area (Å²) in [6.07, 6.45) is 0. The zero-order valence-corrected chi connectivity index (χ0v) is 17.5. The van der Waals surface area contributed by atoms with Gasteiger partial charge in [0.05, 0.1) is 36.1 Å². The first kappa shape index (κ1) is 19.5. The lowest BCUT2D eigenvalue weighted by Gasteiger charge is -2.18. The Labute approximate surface area is 174 Å². The Morgan fingerprint density at radius 2 is 2.00 bits per heavy atom. The number of benzene rings is 2. The van der Waals surface area contributed by atoms with Crippen molar-refractivity contribution in [3.8, 4) is 11.4 Å². The fourth-order valence-electron chi connectivity index (χ4n) is 3.63. The zero-order valence-electron chi connectivity index (χ0n) is 16.6. The Morgan fingerprint density at radius 1 is 1.21 bits per heavy atom. The highest BCUT2D eigenvalue weighted by molar-refractivity contribution is 8.00. The average molecular weight is 410 g/mol. The van der Waals surface area contributed by atoms with Crippen LogP contribution in [0.2, 0.25) is 0 Å². The lowest BCUT2D eigenvalue weighted by molar-refractivity contribution is -0.113. The molecule has 4 rings (SSSR count). The minimum Gasteiger partial charge on any atom is -0.496 e. The summed E-state index contributed by atoms with van der Waals surface area (Å²) in [6.45, 7) is 2.45. The van der Waals surface area contributed by atoms with Crippen LogP contribution in [-0.2, 0) is 16.1 Å². The van der Waals surface area contributed by atoms with Crippen LogP contribution in [0.4, 0.5) is 5.82 Å². The van der Waals surface area contributed by atoms with Crippen molar-refractivity contribution in [3.63, 3.8) is 0 Å². The molecule has 0 bridgehead atoms. The van der Waals surface area contributed by atoms with Gasteiger partial charge in [-0.1, -0.05) is 24.3 Å². The highest BCUT2D eigenvalue weighted by Crippen LogP contribution is 2.44. The van der Waals surface area contributed by atoms with Crippen molar-refractivity contribution in [2.24, 2.45) is 0 Å². The molecule has 29 heavy (non-hydrogen) atoms. The van der Waals surface area contributed by atoms with Gasteiger partial charge in [0, 0.05) is 18.2 Å². The Hall–Kier alpha value is -2.77. The van der Waals surface area contributed by atoms with Crippen LogP contribution in [0.15, 0.2) is 48.5 Å². The van der Waals surface area contributed by atoms with Crippen LogP contribution in [0.5, 0.6) is 5.75 Å². The third-order valence-electron chi connectivity index (χ3n) is 4.92. The maximum absolute atomic E-state index is 12.5. The number of thioether (sulfide) groups is 1. The highest BCUT2D eigenvalue weighted by atomic mass is 32.2. The molecule has 1 N–H and O–H groups in total. The molecular weight excluding hydrogens is 386 g/mol. The molecule has 6 nitrogen and oxygen atoms in total. The Kier molecular flexibility index (Phi) is 5.60. The molecule has 7 heteroatoms. The van der Waals surface area contributed by atoms with E-state index in [1.807, 2.05) is 48.0 Å². The maximum atomic E-state index is 12.5. The number of nitrogens with zero attached hydrogens (tertiary/aromatic N) is 2. The van der Waals surface area contributed by atoms with E-state index in [-0.39, 0.29) is 11.2 Å². The molecule has 0 radical (unpaired) electrons. The van der Waals surface area contributed by atoms with Crippen molar-refractivity contribution in [2.45, 2.75) is 18.8 Å². The van der Waals surface area contributed by atoms with E-state index in [4.69, 9.17) is 14.6 Å². The van der Waals surface area contributed by atoms with Crippen molar-refractivity contribution in [1.82, 2.24) is 9.78 Å². The number of nitrogens with one attached hydrogen (secondary N) is 1. The summed E-state index contributed by atoms with van der Waals surface area (Å²) in [5, 5.41) is 7.78. The van der Waals surface area contributed by atoms with Gasteiger partial charge in [-0.25, -0.2) is 4.68 Å².